The van der Waals surface area contributed by atoms with Crippen LogP contribution in [0.1, 0.15) is 60.3 Å². The second kappa shape index (κ2) is 14.6. The first-order valence-electron chi connectivity index (χ1n) is 14.8. The molecular weight excluding hydrogens is 534 g/mol. The Balaban J connectivity index is 1.94. The molecule has 0 bridgehead atoms. The van der Waals surface area contributed by atoms with Gasteiger partial charge in [-0.3, -0.25) is 9.59 Å². The molecule has 0 amide bonds. The van der Waals surface area contributed by atoms with Crippen molar-refractivity contribution >= 4 is 18.0 Å². The summed E-state index contributed by atoms with van der Waals surface area (Å²) in [5, 5.41) is 33.0. The van der Waals surface area contributed by atoms with Gasteiger partial charge in [-0.05, 0) is 51.9 Å². The largest absolute Gasteiger partial charge is 0.462 e. The summed E-state index contributed by atoms with van der Waals surface area (Å²) in [6.07, 6.45) is -2.49. The lowest BCUT2D eigenvalue weighted by Gasteiger charge is -2.46. The van der Waals surface area contributed by atoms with Gasteiger partial charge >= 0.3 is 5.97 Å². The number of aliphatic hydroxyl groups is 3. The van der Waals surface area contributed by atoms with Crippen molar-refractivity contribution in [3.05, 3.63) is 12.2 Å². The van der Waals surface area contributed by atoms with Gasteiger partial charge in [0, 0.05) is 24.2 Å². The number of cyclic esters (lactones) is 1. The Morgan fingerprint density at radius 2 is 1.73 bits per heavy atom. The summed E-state index contributed by atoms with van der Waals surface area (Å²) < 4.78 is 23.7. The highest BCUT2D eigenvalue weighted by atomic mass is 16.7. The van der Waals surface area contributed by atoms with Crippen LogP contribution in [0.15, 0.2) is 12.2 Å². The number of allylic oxidation sites excluding steroid dienone is 1. The van der Waals surface area contributed by atoms with Crippen LogP contribution in [-0.4, -0.2) is 114 Å². The monoisotopic (exact) mass is 583 g/mol. The third-order valence-electron chi connectivity index (χ3n) is 9.00. The summed E-state index contributed by atoms with van der Waals surface area (Å²) in [5.74, 6) is -2.52. The lowest BCUT2D eigenvalue weighted by molar-refractivity contribution is -0.304. The third-order valence-corrected chi connectivity index (χ3v) is 9.00. The van der Waals surface area contributed by atoms with E-state index in [0.717, 1.165) is 6.29 Å². The first-order chi connectivity index (χ1) is 19.3. The van der Waals surface area contributed by atoms with Gasteiger partial charge in [0.1, 0.15) is 24.6 Å². The molecule has 11 nitrogen and oxygen atoms in total. The van der Waals surface area contributed by atoms with Crippen LogP contribution in [0.25, 0.3) is 0 Å². The summed E-state index contributed by atoms with van der Waals surface area (Å²) >= 11 is 0. The molecule has 14 unspecified atom stereocenters. The van der Waals surface area contributed by atoms with Crippen molar-refractivity contribution in [1.29, 1.82) is 0 Å². The van der Waals surface area contributed by atoms with Gasteiger partial charge in [-0.2, -0.15) is 0 Å². The van der Waals surface area contributed by atoms with E-state index in [0.29, 0.717) is 6.42 Å². The second-order valence-corrected chi connectivity index (χ2v) is 12.3. The van der Waals surface area contributed by atoms with E-state index in [1.165, 1.54) is 6.08 Å². The molecule has 0 radical (unpaired) electrons. The number of hydrogen-bond donors (Lipinski definition) is 3. The smallest absolute Gasteiger partial charge is 0.308 e. The lowest BCUT2D eigenvalue weighted by atomic mass is 9.79. The van der Waals surface area contributed by atoms with Crippen LogP contribution in [0.5, 0.6) is 0 Å². The van der Waals surface area contributed by atoms with Gasteiger partial charge in [0.15, 0.2) is 12.1 Å². The fourth-order valence-electron chi connectivity index (χ4n) is 6.25. The molecule has 3 N–H and O–H groups in total. The summed E-state index contributed by atoms with van der Waals surface area (Å²) in [7, 11) is 3.46. The maximum atomic E-state index is 13.1. The highest BCUT2D eigenvalue weighted by molar-refractivity contribution is 5.91. The van der Waals surface area contributed by atoms with E-state index >= 15 is 0 Å². The first kappa shape index (κ1) is 33.8. The third kappa shape index (κ3) is 8.22. The average Bonchev–Trinajstić information content (AvgIpc) is 3.69. The van der Waals surface area contributed by atoms with E-state index in [1.807, 2.05) is 13.8 Å². The fourth-order valence-corrected chi connectivity index (χ4v) is 6.25. The van der Waals surface area contributed by atoms with Gasteiger partial charge in [-0.15, -0.1) is 0 Å². The minimum atomic E-state index is -1.25. The Labute approximate surface area is 243 Å². The van der Waals surface area contributed by atoms with Gasteiger partial charge in [0.2, 0.25) is 0 Å². The normalized spacial score (nSPS) is 44.8. The minimum absolute atomic E-state index is 0.0227. The Morgan fingerprint density at radius 1 is 1.05 bits per heavy atom. The van der Waals surface area contributed by atoms with Crippen molar-refractivity contribution in [2.24, 2.45) is 23.7 Å². The van der Waals surface area contributed by atoms with Gasteiger partial charge in [-0.1, -0.05) is 27.7 Å². The molecule has 3 rings (SSSR count). The molecule has 3 heterocycles. The number of epoxide rings is 1. The van der Waals surface area contributed by atoms with Gasteiger partial charge in [0.25, 0.3) is 0 Å². The number of carbonyl (C=O) groups excluding carboxylic acids is 3. The summed E-state index contributed by atoms with van der Waals surface area (Å²) in [4.78, 5) is 39.5. The molecule has 0 aliphatic carbocycles. The number of ketones is 1. The Morgan fingerprint density at radius 3 is 2.34 bits per heavy atom. The van der Waals surface area contributed by atoms with Crippen LogP contribution < -0.4 is 0 Å². The molecule has 2 saturated heterocycles. The Bertz CT molecular complexity index is 927. The average molecular weight is 584 g/mol. The number of aldehydes is 1. The van der Waals surface area contributed by atoms with Crippen molar-refractivity contribution < 1.29 is 48.7 Å². The van der Waals surface area contributed by atoms with Gasteiger partial charge < -0.3 is 44.0 Å². The van der Waals surface area contributed by atoms with E-state index in [-0.39, 0.29) is 43.2 Å². The number of rotatable bonds is 6. The minimum Gasteiger partial charge on any atom is -0.462 e. The maximum Gasteiger partial charge on any atom is 0.308 e. The maximum absolute atomic E-state index is 13.1. The van der Waals surface area contributed by atoms with Gasteiger partial charge in [-0.25, -0.2) is 0 Å². The molecule has 3 aliphatic heterocycles. The SMILES string of the molecule is CCC1OC(=O)CC(O)C(C)C(OC2OC(C)C(O)C(N(C)C)C2O)C(CC=O)CC(C)C(=O)C=CC2OC2C1C. The van der Waals surface area contributed by atoms with Crippen LogP contribution in [0.2, 0.25) is 0 Å². The van der Waals surface area contributed by atoms with E-state index in [4.69, 9.17) is 18.9 Å². The number of fused-ring (bicyclic) bond motifs is 1. The van der Waals surface area contributed by atoms with Crippen molar-refractivity contribution in [1.82, 2.24) is 4.90 Å². The summed E-state index contributed by atoms with van der Waals surface area (Å²) in [6, 6.07) is -0.693. The van der Waals surface area contributed by atoms with Crippen molar-refractivity contribution in [2.75, 3.05) is 14.1 Å². The standard InChI is InChI=1S/C30H49NO10/c1-8-22-17(4)29-23(40-29)10-9-20(33)15(2)13-19(11-12-32)28(16(3)21(34)14-24(35)39-22)41-30-27(37)25(31(6)7)26(36)18(5)38-30/h9-10,12,15-19,21-23,25-30,34,36-37H,8,11,13-14H2,1-7H3. The molecule has 0 aromatic heterocycles. The topological polar surface area (TPSA) is 155 Å². The molecule has 0 spiro atoms. The summed E-state index contributed by atoms with van der Waals surface area (Å²) in [5.41, 5.74) is 0. The van der Waals surface area contributed by atoms with Gasteiger partial charge in [0.05, 0.1) is 43.0 Å². The highest BCUT2D eigenvalue weighted by Gasteiger charge is 2.48. The van der Waals surface area contributed by atoms with Crippen LogP contribution in [0, 0.1) is 23.7 Å². The number of carbonyl (C=O) groups is 3. The lowest BCUT2D eigenvalue weighted by Crippen LogP contribution is -2.63. The van der Waals surface area contributed by atoms with Crippen molar-refractivity contribution in [3.8, 4) is 0 Å². The predicted molar refractivity (Wildman–Crippen MR) is 149 cm³/mol. The first-order valence-corrected chi connectivity index (χ1v) is 14.8. The van der Waals surface area contributed by atoms with E-state index in [1.54, 1.807) is 45.8 Å². The molecule has 11 heteroatoms. The fraction of sp³-hybridized carbons (Fsp3) is 0.833. The Hall–Kier alpha value is -1.73. The van der Waals surface area contributed by atoms with E-state index in [9.17, 15) is 29.7 Å². The number of ether oxygens (including phenoxy) is 4. The number of esters is 1. The zero-order chi connectivity index (χ0) is 30.6. The van der Waals surface area contributed by atoms with Crippen LogP contribution in [0.4, 0.5) is 0 Å². The number of hydrogen-bond acceptors (Lipinski definition) is 11. The van der Waals surface area contributed by atoms with Crippen LogP contribution in [-0.2, 0) is 33.3 Å². The summed E-state index contributed by atoms with van der Waals surface area (Å²) in [6.45, 7) is 9.00. The van der Waals surface area contributed by atoms with E-state index in [2.05, 4.69) is 0 Å². The molecule has 0 aromatic rings. The molecule has 3 aliphatic rings. The predicted octanol–water partition coefficient (Wildman–Crippen LogP) is 1.25. The number of likely N-dealkylation sites (N-methyl/N-ethyl adjacent to an activating group) is 1. The Kier molecular flexibility index (Phi) is 12.1. The molecule has 41 heavy (non-hydrogen) atoms. The van der Waals surface area contributed by atoms with E-state index < -0.39 is 72.7 Å². The highest BCUT2D eigenvalue weighted by Crippen LogP contribution is 2.36. The number of nitrogens with zero attached hydrogens (tertiary/aromatic N) is 1. The van der Waals surface area contributed by atoms with Crippen LogP contribution >= 0.6 is 0 Å². The van der Waals surface area contributed by atoms with Crippen molar-refractivity contribution in [3.63, 3.8) is 0 Å². The molecule has 14 atom stereocenters. The zero-order valence-electron chi connectivity index (χ0n) is 25.3. The quantitative estimate of drug-likeness (QED) is 0.235. The van der Waals surface area contributed by atoms with Crippen molar-refractivity contribution in [2.45, 2.75) is 121 Å². The molecule has 0 saturated carbocycles. The molecular formula is C30H49NO10. The molecule has 0 aromatic carbocycles. The molecule has 2 fully saturated rings. The number of aliphatic hydroxyl groups excluding tert-OH is 3. The molecule has 234 valence electrons. The van der Waals surface area contributed by atoms with Crippen LogP contribution in [0.3, 0.4) is 0 Å². The second-order valence-electron chi connectivity index (χ2n) is 12.3. The zero-order valence-corrected chi connectivity index (χ0v) is 25.3.